The smallest absolute Gasteiger partial charge is 0.315 e. The molecule has 0 spiro atoms. The molecule has 3 nitrogen and oxygen atoms in total. The number of hydrogen-bond acceptors (Lipinski definition) is 1. The second-order valence-electron chi connectivity index (χ2n) is 2.98. The molecule has 0 aromatic heterocycles. The summed E-state index contributed by atoms with van der Waals surface area (Å²) in [5.74, 6) is 0. The molecule has 2 N–H and O–H groups in total. The molecule has 0 atom stereocenters. The molecule has 1 rings (SSSR count). The lowest BCUT2D eigenvalue weighted by Gasteiger charge is -2.17. The average molecular weight is 213 g/mol. The van der Waals surface area contributed by atoms with E-state index in [4.69, 9.17) is 17.3 Å². The number of primary amides is 1. The fourth-order valence-corrected chi connectivity index (χ4v) is 1.28. The number of halogens is 1. The summed E-state index contributed by atoms with van der Waals surface area (Å²) in [6, 6.07) is 6.96. The zero-order valence-corrected chi connectivity index (χ0v) is 8.79. The highest BCUT2D eigenvalue weighted by Gasteiger charge is 2.06. The molecule has 76 valence electrons. The zero-order valence-electron chi connectivity index (χ0n) is 8.03. The summed E-state index contributed by atoms with van der Waals surface area (Å²) in [5, 5.41) is 0.691. The monoisotopic (exact) mass is 212 g/mol. The summed E-state index contributed by atoms with van der Waals surface area (Å²) in [4.78, 5) is 12.5. The van der Waals surface area contributed by atoms with Crippen LogP contribution in [-0.2, 0) is 6.54 Å². The molecule has 0 saturated heterocycles. The third-order valence-electron chi connectivity index (χ3n) is 1.98. The Morgan fingerprint density at radius 1 is 1.43 bits per heavy atom. The number of amides is 2. The Morgan fingerprint density at radius 2 is 2.00 bits per heavy atom. The average Bonchev–Trinajstić information content (AvgIpc) is 2.16. The normalized spacial score (nSPS) is 9.86. The molecule has 14 heavy (non-hydrogen) atoms. The molecule has 0 aliphatic heterocycles. The quantitative estimate of drug-likeness (QED) is 0.821. The first-order chi connectivity index (χ1) is 6.63. The van der Waals surface area contributed by atoms with Crippen LogP contribution in [0, 0.1) is 0 Å². The van der Waals surface area contributed by atoms with Gasteiger partial charge >= 0.3 is 6.03 Å². The van der Waals surface area contributed by atoms with Gasteiger partial charge in [0.05, 0.1) is 0 Å². The number of rotatable bonds is 3. The molecule has 0 fully saturated rings. The summed E-state index contributed by atoms with van der Waals surface area (Å²) in [6.07, 6.45) is 0. The largest absolute Gasteiger partial charge is 0.351 e. The molecule has 0 aliphatic carbocycles. The number of nitrogens with zero attached hydrogens (tertiary/aromatic N) is 1. The molecule has 0 saturated carbocycles. The van der Waals surface area contributed by atoms with Gasteiger partial charge in [0.1, 0.15) is 0 Å². The maximum absolute atomic E-state index is 10.9. The van der Waals surface area contributed by atoms with Crippen molar-refractivity contribution in [3.63, 3.8) is 0 Å². The Morgan fingerprint density at radius 3 is 2.43 bits per heavy atom. The predicted octanol–water partition coefficient (Wildman–Crippen LogP) is 2.24. The first-order valence-electron chi connectivity index (χ1n) is 4.42. The minimum Gasteiger partial charge on any atom is -0.351 e. The fourth-order valence-electron chi connectivity index (χ4n) is 1.16. The van der Waals surface area contributed by atoms with E-state index in [1.807, 2.05) is 19.1 Å². The number of carbonyl (C=O) groups excluding carboxylic acids is 1. The molecule has 4 heteroatoms. The number of urea groups is 1. The molecule has 1 aromatic carbocycles. The molecule has 0 bridgehead atoms. The molecule has 0 radical (unpaired) electrons. The van der Waals surface area contributed by atoms with Crippen LogP contribution in [-0.4, -0.2) is 17.5 Å². The Balaban J connectivity index is 2.67. The van der Waals surface area contributed by atoms with Crippen molar-refractivity contribution in [2.24, 2.45) is 5.73 Å². The van der Waals surface area contributed by atoms with Crippen molar-refractivity contribution in [1.29, 1.82) is 0 Å². The van der Waals surface area contributed by atoms with Gasteiger partial charge in [-0.3, -0.25) is 0 Å². The molecule has 1 aromatic rings. The Hall–Kier alpha value is -1.22. The Bertz CT molecular complexity index is 310. The van der Waals surface area contributed by atoms with Crippen LogP contribution >= 0.6 is 11.6 Å². The standard InChI is InChI=1S/C10H13ClN2O/c1-2-13(10(12)14)7-8-3-5-9(11)6-4-8/h3-6H,2,7H2,1H3,(H2,12,14). The van der Waals surface area contributed by atoms with Crippen LogP contribution in [0.3, 0.4) is 0 Å². The van der Waals surface area contributed by atoms with Crippen LogP contribution in [0.15, 0.2) is 24.3 Å². The van der Waals surface area contributed by atoms with E-state index in [0.29, 0.717) is 18.1 Å². The second kappa shape index (κ2) is 4.86. The third-order valence-corrected chi connectivity index (χ3v) is 2.23. The van der Waals surface area contributed by atoms with E-state index in [0.717, 1.165) is 5.56 Å². The first-order valence-corrected chi connectivity index (χ1v) is 4.80. The predicted molar refractivity (Wildman–Crippen MR) is 57.1 cm³/mol. The molecule has 2 amide bonds. The van der Waals surface area contributed by atoms with Crippen molar-refractivity contribution in [2.45, 2.75) is 13.5 Å². The summed E-state index contributed by atoms with van der Waals surface area (Å²) >= 11 is 5.74. The van der Waals surface area contributed by atoms with Crippen LogP contribution in [0.5, 0.6) is 0 Å². The first kappa shape index (κ1) is 10.9. The maximum atomic E-state index is 10.9. The van der Waals surface area contributed by atoms with Crippen molar-refractivity contribution in [3.8, 4) is 0 Å². The molecule has 0 aliphatic rings. The van der Waals surface area contributed by atoms with Crippen molar-refractivity contribution in [3.05, 3.63) is 34.9 Å². The summed E-state index contributed by atoms with van der Waals surface area (Å²) in [7, 11) is 0. The Labute approximate surface area is 88.5 Å². The van der Waals surface area contributed by atoms with E-state index in [1.54, 1.807) is 17.0 Å². The number of hydrogen-bond donors (Lipinski definition) is 1. The Kier molecular flexibility index (Phi) is 3.77. The van der Waals surface area contributed by atoms with E-state index < -0.39 is 6.03 Å². The van der Waals surface area contributed by atoms with Gasteiger partial charge in [0.25, 0.3) is 0 Å². The van der Waals surface area contributed by atoms with Gasteiger partial charge in [-0.1, -0.05) is 23.7 Å². The van der Waals surface area contributed by atoms with Gasteiger partial charge in [0.15, 0.2) is 0 Å². The molecular weight excluding hydrogens is 200 g/mol. The fraction of sp³-hybridized carbons (Fsp3) is 0.300. The van der Waals surface area contributed by atoms with Crippen molar-refractivity contribution in [2.75, 3.05) is 6.54 Å². The van der Waals surface area contributed by atoms with Crippen molar-refractivity contribution >= 4 is 17.6 Å². The maximum Gasteiger partial charge on any atom is 0.315 e. The van der Waals surface area contributed by atoms with E-state index in [2.05, 4.69) is 0 Å². The van der Waals surface area contributed by atoms with E-state index in [9.17, 15) is 4.79 Å². The van der Waals surface area contributed by atoms with E-state index in [1.165, 1.54) is 0 Å². The van der Waals surface area contributed by atoms with Gasteiger partial charge in [0, 0.05) is 18.1 Å². The summed E-state index contributed by atoms with van der Waals surface area (Å²) in [6.45, 7) is 3.03. The van der Waals surface area contributed by atoms with E-state index in [-0.39, 0.29) is 0 Å². The summed E-state index contributed by atoms with van der Waals surface area (Å²) in [5.41, 5.74) is 6.21. The summed E-state index contributed by atoms with van der Waals surface area (Å²) < 4.78 is 0. The van der Waals surface area contributed by atoms with Crippen LogP contribution in [0.2, 0.25) is 5.02 Å². The zero-order chi connectivity index (χ0) is 10.6. The topological polar surface area (TPSA) is 46.3 Å². The number of carbonyl (C=O) groups is 1. The van der Waals surface area contributed by atoms with Crippen LogP contribution in [0.25, 0.3) is 0 Å². The molecule has 0 heterocycles. The highest BCUT2D eigenvalue weighted by molar-refractivity contribution is 6.30. The SMILES string of the molecule is CCN(Cc1ccc(Cl)cc1)C(N)=O. The lowest BCUT2D eigenvalue weighted by molar-refractivity contribution is 0.208. The van der Waals surface area contributed by atoms with Gasteiger partial charge in [-0.15, -0.1) is 0 Å². The van der Waals surface area contributed by atoms with Crippen molar-refractivity contribution in [1.82, 2.24) is 4.90 Å². The van der Waals surface area contributed by atoms with Gasteiger partial charge in [0.2, 0.25) is 0 Å². The highest BCUT2D eigenvalue weighted by atomic mass is 35.5. The third kappa shape index (κ3) is 2.92. The minimum absolute atomic E-state index is 0.401. The lowest BCUT2D eigenvalue weighted by Crippen LogP contribution is -2.34. The lowest BCUT2D eigenvalue weighted by atomic mass is 10.2. The minimum atomic E-state index is -0.401. The van der Waals surface area contributed by atoms with E-state index >= 15 is 0 Å². The van der Waals surface area contributed by atoms with Crippen molar-refractivity contribution < 1.29 is 4.79 Å². The second-order valence-corrected chi connectivity index (χ2v) is 3.42. The van der Waals surface area contributed by atoms with Gasteiger partial charge in [-0.2, -0.15) is 0 Å². The van der Waals surface area contributed by atoms with Crippen LogP contribution in [0.4, 0.5) is 4.79 Å². The van der Waals surface area contributed by atoms with Crippen LogP contribution < -0.4 is 5.73 Å². The highest BCUT2D eigenvalue weighted by Crippen LogP contribution is 2.11. The number of benzene rings is 1. The van der Waals surface area contributed by atoms with Gasteiger partial charge in [-0.05, 0) is 24.6 Å². The van der Waals surface area contributed by atoms with Gasteiger partial charge in [-0.25, -0.2) is 4.79 Å². The van der Waals surface area contributed by atoms with Crippen LogP contribution in [0.1, 0.15) is 12.5 Å². The van der Waals surface area contributed by atoms with Gasteiger partial charge < -0.3 is 10.6 Å². The molecule has 0 unspecified atom stereocenters. The number of nitrogens with two attached hydrogens (primary N) is 1. The molecular formula is C10H13ClN2O.